The van der Waals surface area contributed by atoms with Gasteiger partial charge in [-0.3, -0.25) is 4.79 Å². The molecule has 5 heteroatoms. The van der Waals surface area contributed by atoms with Gasteiger partial charge in [0.25, 0.3) is 0 Å². The van der Waals surface area contributed by atoms with Crippen molar-refractivity contribution in [1.82, 2.24) is 5.32 Å². The number of hydrogen-bond acceptors (Lipinski definition) is 4. The van der Waals surface area contributed by atoms with E-state index >= 15 is 0 Å². The minimum Gasteiger partial charge on any atom is -0.491 e. The van der Waals surface area contributed by atoms with E-state index in [2.05, 4.69) is 5.32 Å². The number of benzene rings is 1. The molecule has 1 amide bonds. The van der Waals surface area contributed by atoms with Crippen LogP contribution in [0.15, 0.2) is 24.3 Å². The number of ether oxygens (including phenoxy) is 2. The van der Waals surface area contributed by atoms with Crippen LogP contribution in [0.2, 0.25) is 0 Å². The summed E-state index contributed by atoms with van der Waals surface area (Å²) >= 11 is 0. The highest BCUT2D eigenvalue weighted by atomic mass is 16.5. The van der Waals surface area contributed by atoms with Crippen molar-refractivity contribution >= 4 is 5.91 Å². The van der Waals surface area contributed by atoms with Crippen LogP contribution in [-0.4, -0.2) is 32.3 Å². The smallest absolute Gasteiger partial charge is 0.239 e. The van der Waals surface area contributed by atoms with Crippen LogP contribution in [-0.2, 0) is 9.53 Å². The van der Waals surface area contributed by atoms with Gasteiger partial charge in [-0.25, -0.2) is 0 Å². The zero-order valence-electron chi connectivity index (χ0n) is 9.68. The molecular weight excluding hydrogens is 220 g/mol. The minimum absolute atomic E-state index is 0.124. The molecule has 1 aliphatic rings. The molecule has 0 spiro atoms. The number of rotatable bonds is 4. The van der Waals surface area contributed by atoms with Gasteiger partial charge in [-0.15, -0.1) is 0 Å². The Morgan fingerprint density at radius 3 is 3.18 bits per heavy atom. The molecule has 2 unspecified atom stereocenters. The fourth-order valence-electron chi connectivity index (χ4n) is 1.82. The summed E-state index contributed by atoms with van der Waals surface area (Å²) in [6.07, 6.45) is 0. The molecule has 0 saturated carbocycles. The standard InChI is InChI=1S/C12H16N2O3/c1-16-6-9(13)12(15)14-10-7-17-11-5-3-2-4-8(10)11/h2-5,9-10H,6-7,13H2,1H3,(H,14,15). The average molecular weight is 236 g/mol. The summed E-state index contributed by atoms with van der Waals surface area (Å²) in [5, 5.41) is 2.85. The van der Waals surface area contributed by atoms with Gasteiger partial charge in [0.15, 0.2) is 0 Å². The number of nitrogens with two attached hydrogens (primary N) is 1. The molecule has 3 N–H and O–H groups in total. The molecule has 5 nitrogen and oxygen atoms in total. The third kappa shape index (κ3) is 2.57. The fourth-order valence-corrected chi connectivity index (χ4v) is 1.82. The lowest BCUT2D eigenvalue weighted by Gasteiger charge is -2.15. The summed E-state index contributed by atoms with van der Waals surface area (Å²) < 4.78 is 10.3. The van der Waals surface area contributed by atoms with Crippen molar-refractivity contribution in [3.8, 4) is 5.75 Å². The quantitative estimate of drug-likeness (QED) is 0.783. The van der Waals surface area contributed by atoms with Gasteiger partial charge in [0.1, 0.15) is 18.4 Å². The number of methoxy groups -OCH3 is 1. The Bertz CT molecular complexity index is 408. The molecular formula is C12H16N2O3. The van der Waals surface area contributed by atoms with Gasteiger partial charge in [0.2, 0.25) is 5.91 Å². The maximum Gasteiger partial charge on any atom is 0.239 e. The molecule has 17 heavy (non-hydrogen) atoms. The van der Waals surface area contributed by atoms with Gasteiger partial charge in [-0.05, 0) is 6.07 Å². The van der Waals surface area contributed by atoms with Gasteiger partial charge in [0.05, 0.1) is 12.6 Å². The molecule has 1 aromatic carbocycles. The molecule has 1 heterocycles. The topological polar surface area (TPSA) is 73.6 Å². The Morgan fingerprint density at radius 1 is 1.65 bits per heavy atom. The molecule has 0 bridgehead atoms. The highest BCUT2D eigenvalue weighted by molar-refractivity contribution is 5.82. The maximum atomic E-state index is 11.7. The van der Waals surface area contributed by atoms with Crippen LogP contribution >= 0.6 is 0 Å². The third-order valence-corrected chi connectivity index (χ3v) is 2.70. The fraction of sp³-hybridized carbons (Fsp3) is 0.417. The Hall–Kier alpha value is -1.59. The number of fused-ring (bicyclic) bond motifs is 1. The molecule has 0 saturated heterocycles. The molecule has 0 aliphatic carbocycles. The van der Waals surface area contributed by atoms with E-state index in [1.807, 2.05) is 24.3 Å². The summed E-state index contributed by atoms with van der Waals surface area (Å²) in [6, 6.07) is 6.88. The van der Waals surface area contributed by atoms with Crippen molar-refractivity contribution in [2.45, 2.75) is 12.1 Å². The highest BCUT2D eigenvalue weighted by Gasteiger charge is 2.26. The van der Waals surface area contributed by atoms with E-state index in [0.717, 1.165) is 11.3 Å². The van der Waals surface area contributed by atoms with Crippen LogP contribution in [0.4, 0.5) is 0 Å². The van der Waals surface area contributed by atoms with Crippen LogP contribution < -0.4 is 15.8 Å². The lowest BCUT2D eigenvalue weighted by molar-refractivity contribution is -0.124. The first-order valence-electron chi connectivity index (χ1n) is 5.49. The summed E-state index contributed by atoms with van der Waals surface area (Å²) in [4.78, 5) is 11.7. The van der Waals surface area contributed by atoms with Crippen LogP contribution in [0.5, 0.6) is 5.75 Å². The summed E-state index contributed by atoms with van der Waals surface area (Å²) in [6.45, 7) is 0.659. The third-order valence-electron chi connectivity index (χ3n) is 2.70. The van der Waals surface area contributed by atoms with Crippen molar-refractivity contribution in [3.63, 3.8) is 0 Å². The van der Waals surface area contributed by atoms with Gasteiger partial charge < -0.3 is 20.5 Å². The van der Waals surface area contributed by atoms with E-state index in [0.29, 0.717) is 6.61 Å². The first kappa shape index (κ1) is 11.9. The van der Waals surface area contributed by atoms with Crippen LogP contribution in [0.1, 0.15) is 11.6 Å². The lowest BCUT2D eigenvalue weighted by atomic mass is 10.1. The van der Waals surface area contributed by atoms with Crippen molar-refractivity contribution < 1.29 is 14.3 Å². The second kappa shape index (κ2) is 5.16. The number of carbonyl (C=O) groups is 1. The largest absolute Gasteiger partial charge is 0.491 e. The van der Waals surface area contributed by atoms with Crippen molar-refractivity contribution in [2.24, 2.45) is 5.73 Å². The zero-order valence-corrected chi connectivity index (χ0v) is 9.68. The van der Waals surface area contributed by atoms with E-state index in [1.165, 1.54) is 7.11 Å². The second-order valence-electron chi connectivity index (χ2n) is 3.97. The Morgan fingerprint density at radius 2 is 2.41 bits per heavy atom. The molecule has 0 radical (unpaired) electrons. The van der Waals surface area contributed by atoms with Crippen molar-refractivity contribution in [2.75, 3.05) is 20.3 Å². The zero-order chi connectivity index (χ0) is 12.3. The predicted octanol–water partition coefficient (Wildman–Crippen LogP) is 0.210. The molecule has 0 aromatic heterocycles. The van der Waals surface area contributed by atoms with Crippen LogP contribution in [0, 0.1) is 0 Å². The van der Waals surface area contributed by atoms with Gasteiger partial charge in [-0.1, -0.05) is 18.2 Å². The molecule has 2 rings (SSSR count). The Labute approximate surface area is 99.9 Å². The average Bonchev–Trinajstić information content (AvgIpc) is 2.73. The lowest BCUT2D eigenvalue weighted by Crippen LogP contribution is -2.45. The summed E-state index contributed by atoms with van der Waals surface area (Å²) in [5.74, 6) is 0.593. The molecule has 0 fully saturated rings. The van der Waals surface area contributed by atoms with Crippen LogP contribution in [0.3, 0.4) is 0 Å². The Balaban J connectivity index is 2.00. The van der Waals surface area contributed by atoms with E-state index in [4.69, 9.17) is 15.2 Å². The first-order valence-corrected chi connectivity index (χ1v) is 5.49. The van der Waals surface area contributed by atoms with Gasteiger partial charge >= 0.3 is 0 Å². The maximum absolute atomic E-state index is 11.7. The normalized spacial score (nSPS) is 19.3. The Kier molecular flexibility index (Phi) is 3.61. The summed E-state index contributed by atoms with van der Waals surface area (Å²) in [5.41, 5.74) is 6.64. The molecule has 92 valence electrons. The highest BCUT2D eigenvalue weighted by Crippen LogP contribution is 2.31. The number of nitrogens with one attached hydrogen (secondary N) is 1. The second-order valence-corrected chi connectivity index (χ2v) is 3.97. The van der Waals surface area contributed by atoms with Crippen molar-refractivity contribution in [1.29, 1.82) is 0 Å². The first-order chi connectivity index (χ1) is 8.22. The van der Waals surface area contributed by atoms with E-state index in [1.54, 1.807) is 0 Å². The van der Waals surface area contributed by atoms with Gasteiger partial charge in [0, 0.05) is 12.7 Å². The number of carbonyl (C=O) groups excluding carboxylic acids is 1. The summed E-state index contributed by atoms with van der Waals surface area (Å²) in [7, 11) is 1.52. The number of hydrogen-bond donors (Lipinski definition) is 2. The SMILES string of the molecule is COCC(N)C(=O)NC1COc2ccccc21. The molecule has 1 aromatic rings. The molecule has 2 atom stereocenters. The number of para-hydroxylation sites is 1. The number of amides is 1. The monoisotopic (exact) mass is 236 g/mol. The van der Waals surface area contributed by atoms with E-state index in [-0.39, 0.29) is 18.6 Å². The van der Waals surface area contributed by atoms with Gasteiger partial charge in [-0.2, -0.15) is 0 Å². The van der Waals surface area contributed by atoms with Crippen molar-refractivity contribution in [3.05, 3.63) is 29.8 Å². The molecule has 1 aliphatic heterocycles. The van der Waals surface area contributed by atoms with E-state index < -0.39 is 6.04 Å². The minimum atomic E-state index is -0.646. The van der Waals surface area contributed by atoms with Crippen LogP contribution in [0.25, 0.3) is 0 Å². The van der Waals surface area contributed by atoms with E-state index in [9.17, 15) is 4.79 Å². The predicted molar refractivity (Wildman–Crippen MR) is 62.7 cm³/mol.